The van der Waals surface area contributed by atoms with E-state index in [4.69, 9.17) is 0 Å². The third kappa shape index (κ3) is 3.20. The van der Waals surface area contributed by atoms with Gasteiger partial charge in [-0.05, 0) is 12.5 Å². The van der Waals surface area contributed by atoms with Gasteiger partial charge in [0.1, 0.15) is 5.82 Å². The molecule has 1 aromatic carbocycles. The molecule has 1 amide bonds. The van der Waals surface area contributed by atoms with Gasteiger partial charge in [-0.15, -0.1) is 0 Å². The Morgan fingerprint density at radius 1 is 1.44 bits per heavy atom. The van der Waals surface area contributed by atoms with Gasteiger partial charge >= 0.3 is 0 Å². The number of carbonyl (C=O) groups is 1. The smallest absolute Gasteiger partial charge is 0.227 e. The average molecular weight is 243 g/mol. The Kier molecular flexibility index (Phi) is 3.77. The first kappa shape index (κ1) is 12.4. The van der Waals surface area contributed by atoms with E-state index < -0.39 is 0 Å². The molecule has 0 fully saturated rings. The van der Waals surface area contributed by atoms with Crippen molar-refractivity contribution in [3.63, 3.8) is 0 Å². The Balaban J connectivity index is 1.95. The third-order valence-electron chi connectivity index (χ3n) is 2.81. The predicted octanol–water partition coefficient (Wildman–Crippen LogP) is 1.92. The Morgan fingerprint density at radius 3 is 2.94 bits per heavy atom. The van der Waals surface area contributed by atoms with Gasteiger partial charge in [0.15, 0.2) is 0 Å². The van der Waals surface area contributed by atoms with E-state index in [9.17, 15) is 4.79 Å². The molecule has 2 aromatic rings. The quantitative estimate of drug-likeness (QED) is 0.891. The summed E-state index contributed by atoms with van der Waals surface area (Å²) in [6, 6.07) is 8.02. The van der Waals surface area contributed by atoms with E-state index in [0.29, 0.717) is 13.0 Å². The molecule has 1 heterocycles. The molecule has 0 aliphatic rings. The average Bonchev–Trinajstić information content (AvgIpc) is 2.81. The van der Waals surface area contributed by atoms with Crippen LogP contribution in [0.5, 0.6) is 0 Å². The number of hydrogen-bond acceptors (Lipinski definition) is 2. The summed E-state index contributed by atoms with van der Waals surface area (Å²) in [6.45, 7) is 2.54. The number of H-pyrrole nitrogens is 1. The van der Waals surface area contributed by atoms with Crippen molar-refractivity contribution in [1.82, 2.24) is 14.9 Å². The highest BCUT2D eigenvalue weighted by atomic mass is 16.2. The standard InChI is InChI=1S/C14H17N3O/c1-11-4-3-5-12(8-11)9-14(18)17(2)10-13-15-6-7-16-13/h3-8H,9-10H2,1-2H3,(H,15,16). The van der Waals surface area contributed by atoms with Gasteiger partial charge < -0.3 is 9.88 Å². The van der Waals surface area contributed by atoms with E-state index in [1.807, 2.05) is 31.2 Å². The summed E-state index contributed by atoms with van der Waals surface area (Å²) in [6.07, 6.45) is 3.88. The van der Waals surface area contributed by atoms with Gasteiger partial charge in [0.05, 0.1) is 13.0 Å². The SMILES string of the molecule is Cc1cccc(CC(=O)N(C)Cc2ncc[nH]2)c1. The molecule has 0 spiro atoms. The molecule has 0 saturated heterocycles. The summed E-state index contributed by atoms with van der Waals surface area (Å²) in [5.74, 6) is 0.895. The summed E-state index contributed by atoms with van der Waals surface area (Å²) >= 11 is 0. The van der Waals surface area contributed by atoms with Crippen LogP contribution in [0.1, 0.15) is 17.0 Å². The molecule has 0 unspecified atom stereocenters. The molecule has 0 aliphatic heterocycles. The molecule has 0 atom stereocenters. The van der Waals surface area contributed by atoms with Crippen molar-refractivity contribution < 1.29 is 4.79 Å². The lowest BCUT2D eigenvalue weighted by atomic mass is 10.1. The highest BCUT2D eigenvalue weighted by molar-refractivity contribution is 5.78. The maximum absolute atomic E-state index is 12.0. The lowest BCUT2D eigenvalue weighted by Gasteiger charge is -2.15. The second-order valence-corrected chi connectivity index (χ2v) is 4.45. The second-order valence-electron chi connectivity index (χ2n) is 4.45. The number of aromatic amines is 1. The molecule has 0 bridgehead atoms. The summed E-state index contributed by atoms with van der Waals surface area (Å²) in [5, 5.41) is 0. The van der Waals surface area contributed by atoms with E-state index >= 15 is 0 Å². The van der Waals surface area contributed by atoms with Gasteiger partial charge in [0.2, 0.25) is 5.91 Å². The maximum Gasteiger partial charge on any atom is 0.227 e. The molecule has 4 nitrogen and oxygen atoms in total. The van der Waals surface area contributed by atoms with Gasteiger partial charge in [0, 0.05) is 19.4 Å². The minimum atomic E-state index is 0.0944. The summed E-state index contributed by atoms with van der Waals surface area (Å²) < 4.78 is 0. The van der Waals surface area contributed by atoms with Crippen molar-refractivity contribution in [3.8, 4) is 0 Å². The van der Waals surface area contributed by atoms with E-state index in [-0.39, 0.29) is 5.91 Å². The van der Waals surface area contributed by atoms with Crippen LogP contribution in [-0.4, -0.2) is 27.8 Å². The highest BCUT2D eigenvalue weighted by Crippen LogP contribution is 2.07. The van der Waals surface area contributed by atoms with Crippen LogP contribution in [0.25, 0.3) is 0 Å². The number of aromatic nitrogens is 2. The fraction of sp³-hybridized carbons (Fsp3) is 0.286. The van der Waals surface area contributed by atoms with Gasteiger partial charge in [-0.25, -0.2) is 4.98 Å². The van der Waals surface area contributed by atoms with Crippen molar-refractivity contribution >= 4 is 5.91 Å². The number of aryl methyl sites for hydroxylation is 1. The highest BCUT2D eigenvalue weighted by Gasteiger charge is 2.11. The molecule has 2 rings (SSSR count). The Morgan fingerprint density at radius 2 is 2.28 bits per heavy atom. The number of nitrogens with one attached hydrogen (secondary N) is 1. The Hall–Kier alpha value is -2.10. The number of hydrogen-bond donors (Lipinski definition) is 1. The van der Waals surface area contributed by atoms with Crippen molar-refractivity contribution in [1.29, 1.82) is 0 Å². The fourth-order valence-corrected chi connectivity index (χ4v) is 1.83. The molecule has 1 aromatic heterocycles. The molecule has 0 saturated carbocycles. The Labute approximate surface area is 107 Å². The molecule has 18 heavy (non-hydrogen) atoms. The van der Waals surface area contributed by atoms with Crippen LogP contribution in [0.4, 0.5) is 0 Å². The number of imidazole rings is 1. The summed E-state index contributed by atoms with van der Waals surface area (Å²) in [5.41, 5.74) is 2.22. The topological polar surface area (TPSA) is 49.0 Å². The molecule has 0 aliphatic carbocycles. The zero-order valence-electron chi connectivity index (χ0n) is 10.7. The van der Waals surface area contributed by atoms with Crippen LogP contribution in [0.3, 0.4) is 0 Å². The van der Waals surface area contributed by atoms with Gasteiger partial charge in [0.25, 0.3) is 0 Å². The zero-order valence-corrected chi connectivity index (χ0v) is 10.7. The third-order valence-corrected chi connectivity index (χ3v) is 2.81. The zero-order chi connectivity index (χ0) is 13.0. The van der Waals surface area contributed by atoms with E-state index in [1.54, 1.807) is 24.3 Å². The predicted molar refractivity (Wildman–Crippen MR) is 69.9 cm³/mol. The van der Waals surface area contributed by atoms with E-state index in [2.05, 4.69) is 9.97 Å². The molecule has 94 valence electrons. The number of nitrogens with zero attached hydrogens (tertiary/aromatic N) is 2. The summed E-state index contributed by atoms with van der Waals surface area (Å²) in [4.78, 5) is 20.8. The number of amides is 1. The minimum Gasteiger partial charge on any atom is -0.347 e. The number of carbonyl (C=O) groups excluding carboxylic acids is 1. The van der Waals surface area contributed by atoms with Crippen molar-refractivity contribution in [2.24, 2.45) is 0 Å². The van der Waals surface area contributed by atoms with Gasteiger partial charge in [-0.3, -0.25) is 4.79 Å². The molecule has 0 radical (unpaired) electrons. The van der Waals surface area contributed by atoms with E-state index in [1.165, 1.54) is 5.56 Å². The van der Waals surface area contributed by atoms with Crippen molar-refractivity contribution in [2.75, 3.05) is 7.05 Å². The normalized spacial score (nSPS) is 10.3. The molecular weight excluding hydrogens is 226 g/mol. The first-order valence-electron chi connectivity index (χ1n) is 5.93. The lowest BCUT2D eigenvalue weighted by molar-refractivity contribution is -0.129. The number of benzene rings is 1. The van der Waals surface area contributed by atoms with Crippen LogP contribution in [0.15, 0.2) is 36.7 Å². The second kappa shape index (κ2) is 5.49. The Bertz CT molecular complexity index is 520. The van der Waals surface area contributed by atoms with Crippen LogP contribution in [-0.2, 0) is 17.8 Å². The van der Waals surface area contributed by atoms with Gasteiger partial charge in [-0.2, -0.15) is 0 Å². The number of likely N-dealkylation sites (N-methyl/N-ethyl adjacent to an activating group) is 1. The van der Waals surface area contributed by atoms with Gasteiger partial charge in [-0.1, -0.05) is 29.8 Å². The van der Waals surface area contributed by atoms with Crippen LogP contribution in [0, 0.1) is 6.92 Å². The van der Waals surface area contributed by atoms with Crippen LogP contribution >= 0.6 is 0 Å². The maximum atomic E-state index is 12.0. The summed E-state index contributed by atoms with van der Waals surface area (Å²) in [7, 11) is 1.79. The monoisotopic (exact) mass is 243 g/mol. The molecule has 1 N–H and O–H groups in total. The number of rotatable bonds is 4. The first-order valence-corrected chi connectivity index (χ1v) is 5.93. The molecular formula is C14H17N3O. The van der Waals surface area contributed by atoms with E-state index in [0.717, 1.165) is 11.4 Å². The van der Waals surface area contributed by atoms with Crippen molar-refractivity contribution in [2.45, 2.75) is 19.9 Å². The first-order chi connectivity index (χ1) is 8.65. The molecule has 4 heteroatoms. The van der Waals surface area contributed by atoms with Crippen LogP contribution in [0.2, 0.25) is 0 Å². The largest absolute Gasteiger partial charge is 0.347 e. The lowest BCUT2D eigenvalue weighted by Crippen LogP contribution is -2.28. The van der Waals surface area contributed by atoms with Crippen LogP contribution < -0.4 is 0 Å². The van der Waals surface area contributed by atoms with Crippen molar-refractivity contribution in [3.05, 3.63) is 53.6 Å². The fourth-order valence-electron chi connectivity index (χ4n) is 1.83. The minimum absolute atomic E-state index is 0.0944.